The second-order valence-electron chi connectivity index (χ2n) is 4.90. The number of nitrogens with zero attached hydrogens (tertiary/aromatic N) is 1. The van der Waals surface area contributed by atoms with Crippen LogP contribution in [-0.4, -0.2) is 29.8 Å². The molecule has 2 rings (SSSR count). The Labute approximate surface area is 104 Å². The number of carbonyl (C=O) groups is 1. The van der Waals surface area contributed by atoms with Crippen LogP contribution in [0.2, 0.25) is 0 Å². The highest BCUT2D eigenvalue weighted by Crippen LogP contribution is 2.26. The first-order valence-electron chi connectivity index (χ1n) is 6.55. The molecule has 0 saturated heterocycles. The van der Waals surface area contributed by atoms with Gasteiger partial charge in [-0.15, -0.1) is 0 Å². The Morgan fingerprint density at radius 3 is 2.47 bits per heavy atom. The van der Waals surface area contributed by atoms with Gasteiger partial charge in [-0.25, -0.2) is 0 Å². The van der Waals surface area contributed by atoms with E-state index in [1.165, 1.54) is 19.3 Å². The van der Waals surface area contributed by atoms with Gasteiger partial charge in [0.05, 0.1) is 6.04 Å². The van der Waals surface area contributed by atoms with Crippen LogP contribution in [0.25, 0.3) is 0 Å². The van der Waals surface area contributed by atoms with E-state index in [-0.39, 0.29) is 11.8 Å². The fraction of sp³-hybridized carbons (Fsp3) is 0.533. The summed E-state index contributed by atoms with van der Waals surface area (Å²) in [6, 6.07) is 10.3. The third-order valence-corrected chi connectivity index (χ3v) is 3.89. The van der Waals surface area contributed by atoms with Gasteiger partial charge in [-0.2, -0.15) is 0 Å². The van der Waals surface area contributed by atoms with Crippen LogP contribution in [0.15, 0.2) is 30.3 Å². The summed E-state index contributed by atoms with van der Waals surface area (Å²) in [6.07, 6.45) is 4.69. The highest BCUT2D eigenvalue weighted by atomic mass is 16.1. The van der Waals surface area contributed by atoms with Gasteiger partial charge in [-0.1, -0.05) is 43.7 Å². The molecule has 0 aliphatic heterocycles. The number of ketones is 1. The van der Waals surface area contributed by atoms with Gasteiger partial charge in [0.1, 0.15) is 0 Å². The largest absolute Gasteiger partial charge is 0.293 e. The molecular weight excluding hydrogens is 210 g/mol. The zero-order valence-corrected chi connectivity index (χ0v) is 10.7. The van der Waals surface area contributed by atoms with E-state index in [0.717, 1.165) is 12.0 Å². The number of carbonyl (C=O) groups excluding carboxylic acids is 1. The first-order chi connectivity index (χ1) is 8.24. The molecule has 1 unspecified atom stereocenters. The van der Waals surface area contributed by atoms with Gasteiger partial charge >= 0.3 is 0 Å². The van der Waals surface area contributed by atoms with E-state index in [1.54, 1.807) is 0 Å². The summed E-state index contributed by atoms with van der Waals surface area (Å²) in [7, 11) is 2.10. The zero-order valence-electron chi connectivity index (χ0n) is 10.7. The van der Waals surface area contributed by atoms with Gasteiger partial charge in [0.15, 0.2) is 5.78 Å². The number of benzene rings is 1. The van der Waals surface area contributed by atoms with Crippen LogP contribution in [0.4, 0.5) is 0 Å². The molecule has 0 bridgehead atoms. The van der Waals surface area contributed by atoms with Gasteiger partial charge in [0.25, 0.3) is 0 Å². The van der Waals surface area contributed by atoms with Crippen molar-refractivity contribution in [2.45, 2.75) is 44.7 Å². The lowest BCUT2D eigenvalue weighted by molar-refractivity contribution is 0.0680. The number of likely N-dealkylation sites (N-methyl/N-ethyl adjacent to an activating group) is 1. The van der Waals surface area contributed by atoms with Crippen molar-refractivity contribution in [2.24, 2.45) is 0 Å². The summed E-state index contributed by atoms with van der Waals surface area (Å²) >= 11 is 0. The lowest BCUT2D eigenvalue weighted by Crippen LogP contribution is -2.47. The molecular formula is C15H21NO. The Morgan fingerprint density at radius 1 is 1.35 bits per heavy atom. The summed E-state index contributed by atoms with van der Waals surface area (Å²) in [6.45, 7) is 2.10. The van der Waals surface area contributed by atoms with Crippen molar-refractivity contribution in [1.82, 2.24) is 4.90 Å². The van der Waals surface area contributed by atoms with Crippen LogP contribution in [-0.2, 0) is 0 Å². The molecule has 1 atom stereocenters. The summed E-state index contributed by atoms with van der Waals surface area (Å²) in [5.41, 5.74) is 0.838. The molecule has 1 aliphatic carbocycles. The summed E-state index contributed by atoms with van der Waals surface area (Å²) in [5, 5.41) is 0. The van der Waals surface area contributed by atoms with Gasteiger partial charge in [-0.3, -0.25) is 9.69 Å². The minimum absolute atomic E-state index is 0.0442. The van der Waals surface area contributed by atoms with Crippen LogP contribution in [0.3, 0.4) is 0 Å². The van der Waals surface area contributed by atoms with Gasteiger partial charge < -0.3 is 0 Å². The average Bonchev–Trinajstić information content (AvgIpc) is 2.28. The summed E-state index contributed by atoms with van der Waals surface area (Å²) in [5.74, 6) is 0.266. The minimum atomic E-state index is 0.0442. The quantitative estimate of drug-likeness (QED) is 0.726. The number of hydrogen-bond donors (Lipinski definition) is 0. The van der Waals surface area contributed by atoms with Crippen molar-refractivity contribution in [1.29, 1.82) is 0 Å². The molecule has 0 aromatic heterocycles. The van der Waals surface area contributed by atoms with E-state index in [2.05, 4.69) is 18.9 Å². The number of hydrogen-bond acceptors (Lipinski definition) is 2. The van der Waals surface area contributed by atoms with Crippen molar-refractivity contribution in [3.05, 3.63) is 35.9 Å². The molecule has 17 heavy (non-hydrogen) atoms. The second-order valence-corrected chi connectivity index (χ2v) is 4.90. The molecule has 1 fully saturated rings. The zero-order chi connectivity index (χ0) is 12.3. The molecule has 0 spiro atoms. The molecule has 92 valence electrons. The summed E-state index contributed by atoms with van der Waals surface area (Å²) < 4.78 is 0. The third kappa shape index (κ3) is 2.58. The van der Waals surface area contributed by atoms with Crippen molar-refractivity contribution in [2.75, 3.05) is 7.05 Å². The van der Waals surface area contributed by atoms with Crippen molar-refractivity contribution < 1.29 is 4.79 Å². The Morgan fingerprint density at radius 2 is 2.00 bits per heavy atom. The van der Waals surface area contributed by atoms with Crippen LogP contribution >= 0.6 is 0 Å². The minimum Gasteiger partial charge on any atom is -0.293 e. The normalized spacial score (nSPS) is 17.8. The van der Waals surface area contributed by atoms with E-state index >= 15 is 0 Å². The smallest absolute Gasteiger partial charge is 0.179 e. The molecule has 0 radical (unpaired) electrons. The van der Waals surface area contributed by atoms with Gasteiger partial charge in [0.2, 0.25) is 0 Å². The molecule has 1 saturated carbocycles. The molecule has 1 aliphatic rings. The SMILES string of the molecule is CCC(C(=O)c1ccccc1)N(C)C1CCC1. The highest BCUT2D eigenvalue weighted by molar-refractivity contribution is 6.00. The van der Waals surface area contributed by atoms with E-state index in [4.69, 9.17) is 0 Å². The maximum Gasteiger partial charge on any atom is 0.179 e. The molecule has 1 aromatic rings. The Hall–Kier alpha value is -1.15. The van der Waals surface area contributed by atoms with E-state index < -0.39 is 0 Å². The van der Waals surface area contributed by atoms with Crippen LogP contribution < -0.4 is 0 Å². The third-order valence-electron chi connectivity index (χ3n) is 3.89. The maximum absolute atomic E-state index is 12.4. The van der Waals surface area contributed by atoms with Crippen LogP contribution in [0.1, 0.15) is 43.0 Å². The van der Waals surface area contributed by atoms with Gasteiger partial charge in [0, 0.05) is 11.6 Å². The van der Waals surface area contributed by atoms with E-state index in [0.29, 0.717) is 6.04 Å². The monoisotopic (exact) mass is 231 g/mol. The van der Waals surface area contributed by atoms with Gasteiger partial charge in [-0.05, 0) is 26.3 Å². The average molecular weight is 231 g/mol. The van der Waals surface area contributed by atoms with Crippen LogP contribution in [0, 0.1) is 0 Å². The lowest BCUT2D eigenvalue weighted by Gasteiger charge is -2.39. The van der Waals surface area contributed by atoms with Crippen LogP contribution in [0.5, 0.6) is 0 Å². The molecule has 0 amide bonds. The van der Waals surface area contributed by atoms with Crippen molar-refractivity contribution in [3.8, 4) is 0 Å². The lowest BCUT2D eigenvalue weighted by atomic mass is 9.89. The fourth-order valence-corrected chi connectivity index (χ4v) is 2.50. The molecule has 2 nitrogen and oxygen atoms in total. The van der Waals surface area contributed by atoms with E-state index in [1.807, 2.05) is 30.3 Å². The number of rotatable bonds is 5. The topological polar surface area (TPSA) is 20.3 Å². The fourth-order valence-electron chi connectivity index (χ4n) is 2.50. The predicted octanol–water partition coefficient (Wildman–Crippen LogP) is 3.13. The van der Waals surface area contributed by atoms with Crippen molar-refractivity contribution >= 4 is 5.78 Å². The summed E-state index contributed by atoms with van der Waals surface area (Å²) in [4.78, 5) is 14.7. The Balaban J connectivity index is 2.09. The molecule has 0 heterocycles. The molecule has 2 heteroatoms. The standard InChI is InChI=1S/C15H21NO/c1-3-14(16(2)13-10-7-11-13)15(17)12-8-5-4-6-9-12/h4-6,8-9,13-14H,3,7,10-11H2,1-2H3. The first kappa shape index (κ1) is 12.3. The Bertz CT molecular complexity index is 370. The molecule has 0 N–H and O–H groups in total. The second kappa shape index (κ2) is 5.46. The first-order valence-corrected chi connectivity index (χ1v) is 6.55. The molecule has 1 aromatic carbocycles. The van der Waals surface area contributed by atoms with E-state index in [9.17, 15) is 4.79 Å². The Kier molecular flexibility index (Phi) is 3.95. The van der Waals surface area contributed by atoms with Crippen molar-refractivity contribution in [3.63, 3.8) is 0 Å². The maximum atomic E-state index is 12.4. The highest BCUT2D eigenvalue weighted by Gasteiger charge is 2.30. The predicted molar refractivity (Wildman–Crippen MR) is 70.3 cm³/mol. The number of Topliss-reactive ketones (excluding diaryl/α,β-unsaturated/α-hetero) is 1.